The van der Waals surface area contributed by atoms with E-state index in [4.69, 9.17) is 4.74 Å². The van der Waals surface area contributed by atoms with Crippen LogP contribution in [0.5, 0.6) is 5.75 Å². The van der Waals surface area contributed by atoms with Crippen LogP contribution in [0.1, 0.15) is 81.7 Å². The average molecular weight is 479 g/mol. The third-order valence-electron chi connectivity index (χ3n) is 6.53. The molecule has 3 aromatic rings. The van der Waals surface area contributed by atoms with Crippen molar-refractivity contribution < 1.29 is 9.13 Å². The lowest BCUT2D eigenvalue weighted by Gasteiger charge is -2.35. The molecule has 0 radical (unpaired) electrons. The Kier molecular flexibility index (Phi) is 8.58. The molecule has 2 atom stereocenters. The maximum absolute atomic E-state index is 15.0. The van der Waals surface area contributed by atoms with Gasteiger partial charge in [0.15, 0.2) is 0 Å². The number of hydrogen-bond donors (Lipinski definition) is 0. The van der Waals surface area contributed by atoms with Crippen LogP contribution >= 0.6 is 8.58 Å². The highest BCUT2D eigenvalue weighted by Crippen LogP contribution is 2.50. The van der Waals surface area contributed by atoms with E-state index < -0.39 is 0 Å². The monoisotopic (exact) mass is 478 g/mol. The van der Waals surface area contributed by atoms with Gasteiger partial charge in [-0.2, -0.15) is 0 Å². The van der Waals surface area contributed by atoms with Crippen LogP contribution < -0.4 is 10.0 Å². The van der Waals surface area contributed by atoms with Gasteiger partial charge in [0, 0.05) is 16.0 Å². The molecule has 0 aromatic heterocycles. The van der Waals surface area contributed by atoms with E-state index in [-0.39, 0.29) is 16.4 Å². The van der Waals surface area contributed by atoms with Gasteiger partial charge in [-0.3, -0.25) is 0 Å². The van der Waals surface area contributed by atoms with E-state index in [0.29, 0.717) is 15.2 Å². The van der Waals surface area contributed by atoms with Crippen LogP contribution in [0, 0.1) is 19.7 Å². The van der Waals surface area contributed by atoms with Crippen molar-refractivity contribution >= 4 is 13.9 Å². The van der Waals surface area contributed by atoms with Crippen LogP contribution in [-0.4, -0.2) is 0 Å². The van der Waals surface area contributed by atoms with Crippen molar-refractivity contribution in [3.05, 3.63) is 94.3 Å². The lowest BCUT2D eigenvalue weighted by Crippen LogP contribution is -2.24. The quantitative estimate of drug-likeness (QED) is 0.279. The zero-order chi connectivity index (χ0) is 24.9. The molecule has 2 unspecified atom stereocenters. The summed E-state index contributed by atoms with van der Waals surface area (Å²) >= 11 is 0. The summed E-state index contributed by atoms with van der Waals surface area (Å²) in [4.78, 5) is 0. The summed E-state index contributed by atoms with van der Waals surface area (Å²) in [6.45, 7) is 15.9. The number of benzene rings is 3. The second-order valence-corrected chi connectivity index (χ2v) is 12.6. The fourth-order valence-corrected chi connectivity index (χ4v) is 5.93. The Hall–Kier alpha value is -2.18. The highest BCUT2D eigenvalue weighted by atomic mass is 31.1. The van der Waals surface area contributed by atoms with Gasteiger partial charge in [-0.05, 0) is 54.0 Å². The molecule has 0 aliphatic rings. The Morgan fingerprint density at radius 3 is 2.24 bits per heavy atom. The molecule has 0 bridgehead atoms. The maximum Gasteiger partial charge on any atom is 0.130 e. The van der Waals surface area contributed by atoms with Gasteiger partial charge in [-0.15, -0.1) is 0 Å². The maximum atomic E-state index is 15.0. The largest absolute Gasteiger partial charge is 0.488 e. The van der Waals surface area contributed by atoms with Crippen molar-refractivity contribution in [2.45, 2.75) is 84.9 Å². The van der Waals surface area contributed by atoms with E-state index in [1.54, 1.807) is 6.07 Å². The molecule has 0 aliphatic carbocycles. The molecule has 0 amide bonds. The van der Waals surface area contributed by atoms with Crippen molar-refractivity contribution in [1.29, 1.82) is 0 Å². The Balaban J connectivity index is 2.13. The minimum atomic E-state index is -0.218. The molecule has 0 aliphatic heterocycles. The first-order valence-electron chi connectivity index (χ1n) is 12.4. The molecular formula is C31H40FOP. The van der Waals surface area contributed by atoms with E-state index in [9.17, 15) is 0 Å². The van der Waals surface area contributed by atoms with E-state index in [1.807, 2.05) is 37.3 Å². The van der Waals surface area contributed by atoms with E-state index in [0.717, 1.165) is 47.0 Å². The fourth-order valence-electron chi connectivity index (χ4n) is 4.35. The standard InChI is InChI=1S/C31H40FOP/c1-8-9-17-31(7,34-28-16-15-22(2)18-27(28)32)26-20-25(30(4,5)6)19-23(3)29(26)33-21-24-13-11-10-12-14-24/h10-16,18-20,34H,8-9,17,21H2,1-7H3. The van der Waals surface area contributed by atoms with E-state index in [2.05, 4.69) is 65.8 Å². The fraction of sp³-hybridized carbons (Fsp3) is 0.419. The third kappa shape index (κ3) is 6.48. The topological polar surface area (TPSA) is 9.23 Å². The van der Waals surface area contributed by atoms with E-state index >= 15 is 4.39 Å². The summed E-state index contributed by atoms with van der Waals surface area (Å²) in [5, 5.41) is 0.585. The van der Waals surface area contributed by atoms with Gasteiger partial charge in [-0.25, -0.2) is 4.39 Å². The Morgan fingerprint density at radius 2 is 1.62 bits per heavy atom. The van der Waals surface area contributed by atoms with Crippen molar-refractivity contribution in [2.75, 3.05) is 0 Å². The average Bonchev–Trinajstić information content (AvgIpc) is 2.78. The Bertz CT molecular complexity index is 1100. The van der Waals surface area contributed by atoms with Gasteiger partial charge in [0.05, 0.1) is 0 Å². The summed E-state index contributed by atoms with van der Waals surface area (Å²) in [7, 11) is 0.319. The minimum absolute atomic E-state index is 0.0152. The molecule has 0 saturated carbocycles. The molecule has 0 fully saturated rings. The Morgan fingerprint density at radius 1 is 0.912 bits per heavy atom. The first kappa shape index (κ1) is 26.4. The molecule has 0 N–H and O–H groups in total. The lowest BCUT2D eigenvalue weighted by atomic mass is 9.82. The first-order chi connectivity index (χ1) is 16.0. The summed E-state index contributed by atoms with van der Waals surface area (Å²) in [6.07, 6.45) is 3.19. The van der Waals surface area contributed by atoms with Gasteiger partial charge in [-0.1, -0.05) is 111 Å². The molecule has 34 heavy (non-hydrogen) atoms. The molecule has 0 heterocycles. The Labute approximate surface area is 207 Å². The number of hydrogen-bond acceptors (Lipinski definition) is 1. The summed E-state index contributed by atoms with van der Waals surface area (Å²) < 4.78 is 21.6. The van der Waals surface area contributed by atoms with Crippen LogP contribution in [0.15, 0.2) is 60.7 Å². The van der Waals surface area contributed by atoms with Crippen molar-refractivity contribution in [2.24, 2.45) is 0 Å². The molecule has 1 nitrogen and oxygen atoms in total. The number of unbranched alkanes of at least 4 members (excludes halogenated alkanes) is 1. The second-order valence-electron chi connectivity index (χ2n) is 10.7. The molecular weight excluding hydrogens is 438 g/mol. The number of halogens is 1. The van der Waals surface area contributed by atoms with Crippen LogP contribution in [0.2, 0.25) is 0 Å². The second kappa shape index (κ2) is 11.0. The molecule has 3 rings (SSSR count). The summed E-state index contributed by atoms with van der Waals surface area (Å²) in [5.41, 5.74) is 5.77. The smallest absolute Gasteiger partial charge is 0.130 e. The van der Waals surface area contributed by atoms with Crippen LogP contribution in [0.25, 0.3) is 0 Å². The zero-order valence-electron chi connectivity index (χ0n) is 21.9. The summed E-state index contributed by atoms with van der Waals surface area (Å²) in [6, 6.07) is 20.6. The first-order valence-corrected chi connectivity index (χ1v) is 13.4. The third-order valence-corrected chi connectivity index (χ3v) is 8.27. The van der Waals surface area contributed by atoms with Crippen LogP contribution in [-0.2, 0) is 17.2 Å². The molecule has 182 valence electrons. The molecule has 0 saturated heterocycles. The predicted molar refractivity (Wildman–Crippen MR) is 147 cm³/mol. The highest BCUT2D eigenvalue weighted by Gasteiger charge is 2.33. The molecule has 3 heteroatoms. The van der Waals surface area contributed by atoms with E-state index in [1.165, 1.54) is 11.1 Å². The zero-order valence-corrected chi connectivity index (χ0v) is 22.9. The molecule has 0 spiro atoms. The number of rotatable bonds is 9. The lowest BCUT2D eigenvalue weighted by molar-refractivity contribution is 0.296. The number of aryl methyl sites for hydroxylation is 2. The SMILES string of the molecule is CCCCC(C)(Pc1ccc(C)cc1F)c1cc(C(C)(C)C)cc(C)c1OCc1ccccc1. The van der Waals surface area contributed by atoms with Gasteiger partial charge in [0.25, 0.3) is 0 Å². The minimum Gasteiger partial charge on any atom is -0.488 e. The normalized spacial score (nSPS) is 13.9. The summed E-state index contributed by atoms with van der Waals surface area (Å²) in [5.74, 6) is 0.854. The van der Waals surface area contributed by atoms with Crippen molar-refractivity contribution in [3.8, 4) is 5.75 Å². The van der Waals surface area contributed by atoms with Gasteiger partial charge < -0.3 is 4.74 Å². The van der Waals surface area contributed by atoms with Gasteiger partial charge in [0.2, 0.25) is 0 Å². The van der Waals surface area contributed by atoms with Crippen molar-refractivity contribution in [1.82, 2.24) is 0 Å². The highest BCUT2D eigenvalue weighted by molar-refractivity contribution is 7.48. The van der Waals surface area contributed by atoms with Crippen molar-refractivity contribution in [3.63, 3.8) is 0 Å². The van der Waals surface area contributed by atoms with Crippen LogP contribution in [0.3, 0.4) is 0 Å². The van der Waals surface area contributed by atoms with Gasteiger partial charge in [0.1, 0.15) is 18.2 Å². The number of ether oxygens (including phenoxy) is 1. The van der Waals surface area contributed by atoms with Crippen LogP contribution in [0.4, 0.5) is 4.39 Å². The molecule has 3 aromatic carbocycles. The van der Waals surface area contributed by atoms with Gasteiger partial charge >= 0.3 is 0 Å². The predicted octanol–water partition coefficient (Wildman–Crippen LogP) is 8.73.